The Morgan fingerprint density at radius 3 is 2.71 bits per heavy atom. The number of pyridine rings is 1. The first-order valence-corrected chi connectivity index (χ1v) is 8.99. The van der Waals surface area contributed by atoms with Crippen LogP contribution in [0.1, 0.15) is 23.7 Å². The number of carboxylic acid groups (broad SMARTS) is 1. The number of nitrogens with zero attached hydrogens (tertiary/aromatic N) is 5. The molecule has 0 unspecified atom stereocenters. The van der Waals surface area contributed by atoms with Crippen LogP contribution in [0.5, 0.6) is 0 Å². The third-order valence-electron chi connectivity index (χ3n) is 4.69. The van der Waals surface area contributed by atoms with E-state index in [1.54, 1.807) is 17.3 Å². The second kappa shape index (κ2) is 7.59. The summed E-state index contributed by atoms with van der Waals surface area (Å²) < 4.78 is 1.40. The molecule has 8 heteroatoms. The van der Waals surface area contributed by atoms with Crippen LogP contribution in [0, 0.1) is 0 Å². The predicted molar refractivity (Wildman–Crippen MR) is 100 cm³/mol. The van der Waals surface area contributed by atoms with Crippen LogP contribution in [0.2, 0.25) is 0 Å². The number of benzene rings is 1. The van der Waals surface area contributed by atoms with Gasteiger partial charge in [0.2, 0.25) is 5.91 Å². The fourth-order valence-electron chi connectivity index (χ4n) is 3.42. The van der Waals surface area contributed by atoms with Crippen molar-refractivity contribution in [2.45, 2.75) is 25.4 Å². The second-order valence-electron chi connectivity index (χ2n) is 6.75. The molecule has 0 bridgehead atoms. The maximum absolute atomic E-state index is 12.5. The number of likely N-dealkylation sites (tertiary alicyclic amines) is 1. The first-order valence-electron chi connectivity index (χ1n) is 8.99. The Kier molecular flexibility index (Phi) is 4.84. The Balaban J connectivity index is 1.60. The van der Waals surface area contributed by atoms with Crippen LogP contribution in [0.3, 0.4) is 0 Å². The number of hydrogen-bond donors (Lipinski definition) is 1. The van der Waals surface area contributed by atoms with E-state index in [0.717, 1.165) is 11.1 Å². The van der Waals surface area contributed by atoms with Crippen molar-refractivity contribution in [3.63, 3.8) is 0 Å². The third kappa shape index (κ3) is 3.75. The van der Waals surface area contributed by atoms with Crippen LogP contribution in [0.15, 0.2) is 54.9 Å². The molecule has 0 saturated carbocycles. The Morgan fingerprint density at radius 1 is 1.18 bits per heavy atom. The lowest BCUT2D eigenvalue weighted by Gasteiger charge is -2.16. The quantitative estimate of drug-likeness (QED) is 0.704. The topological polar surface area (TPSA) is 101 Å². The van der Waals surface area contributed by atoms with Crippen LogP contribution in [0.4, 0.5) is 0 Å². The number of carboxylic acids is 1. The normalized spacial score (nSPS) is 16.5. The van der Waals surface area contributed by atoms with Gasteiger partial charge in [-0.05, 0) is 11.6 Å². The van der Waals surface area contributed by atoms with Gasteiger partial charge in [-0.1, -0.05) is 36.4 Å². The lowest BCUT2D eigenvalue weighted by atomic mass is 10.1. The third-order valence-corrected chi connectivity index (χ3v) is 4.69. The number of aliphatic carboxylic acids is 1. The van der Waals surface area contributed by atoms with E-state index in [-0.39, 0.29) is 24.8 Å². The van der Waals surface area contributed by atoms with Crippen molar-refractivity contribution in [2.75, 3.05) is 6.54 Å². The number of aromatic nitrogens is 4. The molecule has 0 radical (unpaired) electrons. The average Bonchev–Trinajstić information content (AvgIpc) is 3.27. The summed E-state index contributed by atoms with van der Waals surface area (Å²) in [4.78, 5) is 34.2. The molecule has 2 aromatic heterocycles. The van der Waals surface area contributed by atoms with E-state index < -0.39 is 5.97 Å². The van der Waals surface area contributed by atoms with Crippen molar-refractivity contribution in [3.05, 3.63) is 66.2 Å². The number of carbonyl (C=O) groups excluding carboxylic acids is 1. The van der Waals surface area contributed by atoms with E-state index in [2.05, 4.69) is 15.1 Å². The van der Waals surface area contributed by atoms with Crippen molar-refractivity contribution in [3.8, 4) is 11.4 Å². The van der Waals surface area contributed by atoms with Crippen LogP contribution in [-0.2, 0) is 22.7 Å². The van der Waals surface area contributed by atoms with Gasteiger partial charge in [0, 0.05) is 43.4 Å². The summed E-state index contributed by atoms with van der Waals surface area (Å²) in [5.41, 5.74) is 1.76. The molecule has 0 aliphatic carbocycles. The van der Waals surface area contributed by atoms with Crippen LogP contribution >= 0.6 is 0 Å². The average molecular weight is 377 g/mol. The van der Waals surface area contributed by atoms with Gasteiger partial charge in [-0.2, -0.15) is 5.10 Å². The van der Waals surface area contributed by atoms with Crippen LogP contribution in [-0.4, -0.2) is 48.2 Å². The van der Waals surface area contributed by atoms with Gasteiger partial charge in [-0.15, -0.1) is 0 Å². The number of hydrogen-bond acceptors (Lipinski definition) is 5. The van der Waals surface area contributed by atoms with Crippen molar-refractivity contribution < 1.29 is 14.7 Å². The van der Waals surface area contributed by atoms with Gasteiger partial charge in [-0.25, -0.2) is 9.67 Å². The number of rotatable bonds is 6. The Hall–Kier alpha value is -3.55. The molecular weight excluding hydrogens is 358 g/mol. The Morgan fingerprint density at radius 2 is 2.00 bits per heavy atom. The Labute approximate surface area is 161 Å². The Bertz CT molecular complexity index is 988. The summed E-state index contributed by atoms with van der Waals surface area (Å²) in [6.45, 7) is 0.657. The molecule has 1 aliphatic rings. The lowest BCUT2D eigenvalue weighted by Crippen LogP contribution is -2.25. The summed E-state index contributed by atoms with van der Waals surface area (Å²) in [5.74, 6) is -0.186. The molecule has 1 atom stereocenters. The molecule has 1 N–H and O–H groups in total. The molecule has 142 valence electrons. The maximum Gasteiger partial charge on any atom is 0.325 e. The molecule has 1 saturated heterocycles. The summed E-state index contributed by atoms with van der Waals surface area (Å²) in [7, 11) is 0. The van der Waals surface area contributed by atoms with Crippen LogP contribution in [0.25, 0.3) is 11.4 Å². The fourth-order valence-corrected chi connectivity index (χ4v) is 3.42. The van der Waals surface area contributed by atoms with Gasteiger partial charge >= 0.3 is 5.97 Å². The summed E-state index contributed by atoms with van der Waals surface area (Å²) in [5, 5.41) is 13.6. The molecule has 1 aliphatic heterocycles. The van der Waals surface area contributed by atoms with Gasteiger partial charge in [0.25, 0.3) is 0 Å². The molecule has 1 fully saturated rings. The largest absolute Gasteiger partial charge is 0.480 e. The molecule has 1 amide bonds. The SMILES string of the molecule is O=C(O)Cn1nc(-c2ccccc2)nc1[C@H]1CC(=O)N(Cc2cccnc2)C1. The minimum Gasteiger partial charge on any atom is -0.480 e. The van der Waals surface area contributed by atoms with Crippen molar-refractivity contribution in [1.82, 2.24) is 24.6 Å². The zero-order valence-corrected chi connectivity index (χ0v) is 15.1. The van der Waals surface area contributed by atoms with E-state index in [9.17, 15) is 14.7 Å². The van der Waals surface area contributed by atoms with Gasteiger partial charge in [0.15, 0.2) is 5.82 Å². The maximum atomic E-state index is 12.5. The highest BCUT2D eigenvalue weighted by Crippen LogP contribution is 2.29. The smallest absolute Gasteiger partial charge is 0.325 e. The van der Waals surface area contributed by atoms with E-state index in [0.29, 0.717) is 24.7 Å². The van der Waals surface area contributed by atoms with Crippen molar-refractivity contribution >= 4 is 11.9 Å². The molecule has 3 heterocycles. The van der Waals surface area contributed by atoms with Gasteiger partial charge in [-0.3, -0.25) is 14.6 Å². The predicted octanol–water partition coefficient (Wildman–Crippen LogP) is 1.94. The van der Waals surface area contributed by atoms with Gasteiger partial charge < -0.3 is 10.0 Å². The molecule has 3 aromatic rings. The van der Waals surface area contributed by atoms with E-state index in [4.69, 9.17) is 0 Å². The number of amides is 1. The minimum atomic E-state index is -0.998. The molecule has 1 aromatic carbocycles. The zero-order chi connectivity index (χ0) is 19.5. The van der Waals surface area contributed by atoms with Crippen molar-refractivity contribution in [1.29, 1.82) is 0 Å². The highest BCUT2D eigenvalue weighted by atomic mass is 16.4. The van der Waals surface area contributed by atoms with Gasteiger partial charge in [0.1, 0.15) is 12.4 Å². The van der Waals surface area contributed by atoms with E-state index >= 15 is 0 Å². The standard InChI is InChI=1S/C20H19N5O3/c26-17-9-16(12-24(17)11-14-5-4-8-21-10-14)20-22-19(15-6-2-1-3-7-15)23-25(20)13-18(27)28/h1-8,10,16H,9,11-13H2,(H,27,28)/t16-/m0/s1. The highest BCUT2D eigenvalue weighted by molar-refractivity contribution is 5.79. The summed E-state index contributed by atoms with van der Waals surface area (Å²) in [6, 6.07) is 13.2. The molecule has 8 nitrogen and oxygen atoms in total. The molecule has 28 heavy (non-hydrogen) atoms. The monoisotopic (exact) mass is 377 g/mol. The molecule has 4 rings (SSSR count). The van der Waals surface area contributed by atoms with E-state index in [1.165, 1.54) is 4.68 Å². The number of carbonyl (C=O) groups is 2. The van der Waals surface area contributed by atoms with Crippen molar-refractivity contribution in [2.24, 2.45) is 0 Å². The van der Waals surface area contributed by atoms with Crippen LogP contribution < -0.4 is 0 Å². The fraction of sp³-hybridized carbons (Fsp3) is 0.250. The summed E-state index contributed by atoms with van der Waals surface area (Å²) >= 11 is 0. The molecular formula is C20H19N5O3. The lowest BCUT2D eigenvalue weighted by molar-refractivity contribution is -0.138. The van der Waals surface area contributed by atoms with Gasteiger partial charge in [0.05, 0.1) is 0 Å². The first kappa shape index (κ1) is 17.8. The zero-order valence-electron chi connectivity index (χ0n) is 15.1. The minimum absolute atomic E-state index is 0.0139. The highest BCUT2D eigenvalue weighted by Gasteiger charge is 2.34. The van der Waals surface area contributed by atoms with E-state index in [1.807, 2.05) is 42.5 Å². The second-order valence-corrected chi connectivity index (χ2v) is 6.75. The summed E-state index contributed by atoms with van der Waals surface area (Å²) in [6.07, 6.45) is 3.71. The molecule has 0 spiro atoms. The first-order chi connectivity index (χ1) is 13.6.